The van der Waals surface area contributed by atoms with Gasteiger partial charge in [0.1, 0.15) is 30.5 Å². The molecule has 3 unspecified atom stereocenters. The van der Waals surface area contributed by atoms with Gasteiger partial charge >= 0.3 is 6.09 Å². The van der Waals surface area contributed by atoms with Crippen molar-refractivity contribution in [3.05, 3.63) is 35.9 Å². The van der Waals surface area contributed by atoms with Crippen LogP contribution in [0.25, 0.3) is 0 Å². The van der Waals surface area contributed by atoms with Crippen LogP contribution in [0.4, 0.5) is 4.79 Å². The lowest BCUT2D eigenvalue weighted by molar-refractivity contribution is -0.0591. The zero-order valence-corrected chi connectivity index (χ0v) is 17.3. The fourth-order valence-electron chi connectivity index (χ4n) is 2.17. The molecule has 1 amide bonds. The number of carbonyl (C=O) groups is 1. The first-order chi connectivity index (χ1) is 14.3. The standard InChI is InChI=1S/C21H26N4O5/c1-16(9-22)28-13-21(14-29-17(2)10-23,15-30-18(3)11-24)25-20(26)27-12-19-7-5-4-6-8-19/h4-8,16-18H,12-15H2,1-3H3,(H,25,26). The van der Waals surface area contributed by atoms with E-state index in [2.05, 4.69) is 5.32 Å². The molecule has 0 bridgehead atoms. The molecule has 30 heavy (non-hydrogen) atoms. The van der Waals surface area contributed by atoms with E-state index in [0.29, 0.717) is 0 Å². The molecule has 160 valence electrons. The summed E-state index contributed by atoms with van der Waals surface area (Å²) in [6.45, 7) is 4.24. The zero-order chi connectivity index (χ0) is 22.4. The Morgan fingerprint density at radius 3 is 1.73 bits per heavy atom. The third-order valence-electron chi connectivity index (χ3n) is 3.95. The maximum Gasteiger partial charge on any atom is 0.408 e. The van der Waals surface area contributed by atoms with E-state index in [9.17, 15) is 4.79 Å². The van der Waals surface area contributed by atoms with Gasteiger partial charge in [0.25, 0.3) is 0 Å². The van der Waals surface area contributed by atoms with Gasteiger partial charge in [-0.25, -0.2) is 4.79 Å². The molecule has 1 rings (SSSR count). The molecular weight excluding hydrogens is 388 g/mol. The Morgan fingerprint density at radius 2 is 1.33 bits per heavy atom. The lowest BCUT2D eigenvalue weighted by Gasteiger charge is -2.34. The summed E-state index contributed by atoms with van der Waals surface area (Å²) in [6.07, 6.45) is -3.02. The lowest BCUT2D eigenvalue weighted by Crippen LogP contribution is -2.59. The minimum Gasteiger partial charge on any atom is -0.445 e. The number of amides is 1. The Kier molecular flexibility index (Phi) is 10.9. The zero-order valence-electron chi connectivity index (χ0n) is 17.3. The van der Waals surface area contributed by atoms with Gasteiger partial charge in [-0.05, 0) is 26.3 Å². The fourth-order valence-corrected chi connectivity index (χ4v) is 2.17. The molecule has 0 aliphatic rings. The molecule has 0 saturated heterocycles. The minimum absolute atomic E-state index is 0.0448. The monoisotopic (exact) mass is 414 g/mol. The third kappa shape index (κ3) is 9.36. The maximum atomic E-state index is 12.5. The Balaban J connectivity index is 2.95. The van der Waals surface area contributed by atoms with Crippen LogP contribution in [0.5, 0.6) is 0 Å². The predicted octanol–water partition coefficient (Wildman–Crippen LogP) is 2.44. The second kappa shape index (κ2) is 13.1. The second-order valence-electron chi connectivity index (χ2n) is 6.71. The number of nitriles is 3. The summed E-state index contributed by atoms with van der Waals surface area (Å²) in [5.74, 6) is 0. The van der Waals surface area contributed by atoms with Gasteiger partial charge in [0, 0.05) is 0 Å². The summed E-state index contributed by atoms with van der Waals surface area (Å²) in [5.41, 5.74) is -0.481. The van der Waals surface area contributed by atoms with Crippen LogP contribution in [0.3, 0.4) is 0 Å². The van der Waals surface area contributed by atoms with E-state index in [1.54, 1.807) is 20.8 Å². The van der Waals surface area contributed by atoms with Crippen molar-refractivity contribution >= 4 is 6.09 Å². The van der Waals surface area contributed by atoms with Crippen molar-refractivity contribution in [1.29, 1.82) is 15.8 Å². The summed E-state index contributed by atoms with van der Waals surface area (Å²) in [6, 6.07) is 14.9. The molecule has 0 fully saturated rings. The number of hydrogen-bond acceptors (Lipinski definition) is 8. The van der Waals surface area contributed by atoms with Gasteiger partial charge in [0.2, 0.25) is 0 Å². The average molecular weight is 414 g/mol. The Morgan fingerprint density at radius 1 is 0.900 bits per heavy atom. The molecule has 0 aromatic heterocycles. The molecule has 9 nitrogen and oxygen atoms in total. The average Bonchev–Trinajstić information content (AvgIpc) is 2.78. The topological polar surface area (TPSA) is 137 Å². The molecule has 0 heterocycles. The number of rotatable bonds is 12. The molecule has 0 aliphatic carbocycles. The molecule has 0 spiro atoms. The number of nitrogens with one attached hydrogen (secondary N) is 1. The van der Waals surface area contributed by atoms with Crippen LogP contribution in [0.15, 0.2) is 30.3 Å². The summed E-state index contributed by atoms with van der Waals surface area (Å²) in [7, 11) is 0. The Hall–Kier alpha value is -3.16. The summed E-state index contributed by atoms with van der Waals surface area (Å²) < 4.78 is 21.8. The first-order valence-electron chi connectivity index (χ1n) is 9.36. The summed E-state index contributed by atoms with van der Waals surface area (Å²) in [4.78, 5) is 12.5. The maximum absolute atomic E-state index is 12.5. The highest BCUT2D eigenvalue weighted by molar-refractivity contribution is 5.68. The van der Waals surface area contributed by atoms with Crippen molar-refractivity contribution in [1.82, 2.24) is 5.32 Å². The number of alkyl carbamates (subject to hydrolysis) is 1. The van der Waals surface area contributed by atoms with Gasteiger partial charge in [0.05, 0.1) is 38.0 Å². The number of carbonyl (C=O) groups excluding carboxylic acids is 1. The fraction of sp³-hybridized carbons (Fsp3) is 0.524. The summed E-state index contributed by atoms with van der Waals surface area (Å²) in [5, 5.41) is 29.7. The van der Waals surface area contributed by atoms with Gasteiger partial charge < -0.3 is 24.3 Å². The van der Waals surface area contributed by atoms with E-state index < -0.39 is 29.9 Å². The second-order valence-corrected chi connectivity index (χ2v) is 6.71. The first-order valence-corrected chi connectivity index (χ1v) is 9.36. The SMILES string of the molecule is CC(C#N)OCC(COC(C)C#N)(COC(C)C#N)NC(=O)OCc1ccccc1. The van der Waals surface area contributed by atoms with Crippen molar-refractivity contribution in [3.63, 3.8) is 0 Å². The number of benzene rings is 1. The van der Waals surface area contributed by atoms with Crippen molar-refractivity contribution in [2.45, 2.75) is 51.2 Å². The van der Waals surface area contributed by atoms with Gasteiger partial charge in [-0.1, -0.05) is 30.3 Å². The molecule has 3 atom stereocenters. The third-order valence-corrected chi connectivity index (χ3v) is 3.95. The highest BCUT2D eigenvalue weighted by Crippen LogP contribution is 2.14. The van der Waals surface area contributed by atoms with Crippen molar-refractivity contribution in [3.8, 4) is 18.2 Å². The van der Waals surface area contributed by atoms with Gasteiger partial charge in [-0.3, -0.25) is 0 Å². The summed E-state index contributed by atoms with van der Waals surface area (Å²) >= 11 is 0. The molecule has 1 aromatic carbocycles. The van der Waals surface area contributed by atoms with Gasteiger partial charge in [0.15, 0.2) is 0 Å². The van der Waals surface area contributed by atoms with E-state index in [1.165, 1.54) is 0 Å². The Bertz CT molecular complexity index is 722. The van der Waals surface area contributed by atoms with E-state index in [-0.39, 0.29) is 26.4 Å². The van der Waals surface area contributed by atoms with Crippen LogP contribution in [0.1, 0.15) is 26.3 Å². The number of ether oxygens (including phenoxy) is 4. The van der Waals surface area contributed by atoms with E-state index in [1.807, 2.05) is 48.5 Å². The van der Waals surface area contributed by atoms with Crippen molar-refractivity contribution < 1.29 is 23.7 Å². The number of nitrogens with zero attached hydrogens (tertiary/aromatic N) is 3. The molecular formula is C21H26N4O5. The Labute approximate surface area is 176 Å². The van der Waals surface area contributed by atoms with E-state index >= 15 is 0 Å². The van der Waals surface area contributed by atoms with Gasteiger partial charge in [-0.15, -0.1) is 0 Å². The molecule has 0 aliphatic heterocycles. The molecule has 1 N–H and O–H groups in total. The van der Waals surface area contributed by atoms with Crippen LogP contribution in [0, 0.1) is 34.0 Å². The number of hydrogen-bond donors (Lipinski definition) is 1. The van der Waals surface area contributed by atoms with Crippen LogP contribution in [0.2, 0.25) is 0 Å². The minimum atomic E-state index is -1.28. The molecule has 1 aromatic rings. The lowest BCUT2D eigenvalue weighted by atomic mass is 10.0. The predicted molar refractivity (Wildman–Crippen MR) is 106 cm³/mol. The molecule has 0 saturated carbocycles. The first kappa shape index (κ1) is 24.9. The van der Waals surface area contributed by atoms with Gasteiger partial charge in [-0.2, -0.15) is 15.8 Å². The highest BCUT2D eigenvalue weighted by atomic mass is 16.6. The highest BCUT2D eigenvalue weighted by Gasteiger charge is 2.36. The van der Waals surface area contributed by atoms with Crippen LogP contribution < -0.4 is 5.32 Å². The van der Waals surface area contributed by atoms with E-state index in [4.69, 9.17) is 34.7 Å². The van der Waals surface area contributed by atoms with Crippen LogP contribution in [-0.2, 0) is 25.6 Å². The molecule has 9 heteroatoms. The normalized spacial score (nSPS) is 15.3. The van der Waals surface area contributed by atoms with Crippen LogP contribution in [-0.4, -0.2) is 49.8 Å². The molecule has 0 radical (unpaired) electrons. The smallest absolute Gasteiger partial charge is 0.408 e. The largest absolute Gasteiger partial charge is 0.445 e. The van der Waals surface area contributed by atoms with E-state index in [0.717, 1.165) is 5.56 Å². The van der Waals surface area contributed by atoms with Crippen molar-refractivity contribution in [2.24, 2.45) is 0 Å². The van der Waals surface area contributed by atoms with Crippen LogP contribution >= 0.6 is 0 Å². The van der Waals surface area contributed by atoms with Crippen molar-refractivity contribution in [2.75, 3.05) is 19.8 Å². The quantitative estimate of drug-likeness (QED) is 0.550.